The third-order valence-corrected chi connectivity index (χ3v) is 8.81. The molecule has 0 aliphatic carbocycles. The molecule has 3 aromatic rings. The third-order valence-electron chi connectivity index (χ3n) is 5.56. The van der Waals surface area contributed by atoms with Gasteiger partial charge in [0.2, 0.25) is 0 Å². The molecule has 1 aliphatic heterocycles. The van der Waals surface area contributed by atoms with Gasteiger partial charge in [0.1, 0.15) is 5.75 Å². The first-order valence-electron chi connectivity index (χ1n) is 10.8. The van der Waals surface area contributed by atoms with Crippen molar-refractivity contribution in [2.45, 2.75) is 58.9 Å². The SMILES string of the molecule is CC1OC(C)(c2ccc([S+](c3ccccc3)c3ccc(OC(C)C(F)(F)S(=O)(=O)O)cc3)cc2)O1. The lowest BCUT2D eigenvalue weighted by Crippen LogP contribution is -2.47. The molecular weight excluding hydrogens is 498 g/mol. The van der Waals surface area contributed by atoms with E-state index in [1.165, 1.54) is 12.1 Å². The van der Waals surface area contributed by atoms with Crippen molar-refractivity contribution in [3.8, 4) is 5.75 Å². The van der Waals surface area contributed by atoms with Gasteiger partial charge in [0.05, 0.1) is 10.9 Å². The second-order valence-electron chi connectivity index (χ2n) is 8.16. The quantitative estimate of drug-likeness (QED) is 0.306. The minimum Gasteiger partial charge on any atom is -0.483 e. The molecule has 1 saturated heterocycles. The van der Waals surface area contributed by atoms with Crippen LogP contribution in [-0.4, -0.2) is 30.6 Å². The van der Waals surface area contributed by atoms with E-state index in [2.05, 4.69) is 0 Å². The molecule has 0 spiro atoms. The van der Waals surface area contributed by atoms with Gasteiger partial charge in [0.15, 0.2) is 32.9 Å². The molecule has 4 rings (SSSR count). The fourth-order valence-corrected chi connectivity index (χ4v) is 6.30. The molecule has 0 saturated carbocycles. The molecular formula is C25H25F2O6S2+. The van der Waals surface area contributed by atoms with Crippen molar-refractivity contribution in [3.05, 3.63) is 84.4 Å². The monoisotopic (exact) mass is 523 g/mol. The second-order valence-corrected chi connectivity index (χ2v) is 11.7. The van der Waals surface area contributed by atoms with Crippen LogP contribution in [0.4, 0.5) is 8.78 Å². The van der Waals surface area contributed by atoms with E-state index in [4.69, 9.17) is 18.8 Å². The number of ether oxygens (including phenoxy) is 3. The molecule has 0 aromatic heterocycles. The largest absolute Gasteiger partial charge is 0.483 e. The Morgan fingerprint density at radius 1 is 0.943 bits per heavy atom. The predicted molar refractivity (Wildman–Crippen MR) is 127 cm³/mol. The fraction of sp³-hybridized carbons (Fsp3) is 0.280. The van der Waals surface area contributed by atoms with Crippen LogP contribution in [0.5, 0.6) is 5.75 Å². The summed E-state index contributed by atoms with van der Waals surface area (Å²) in [6, 6.07) is 24.3. The lowest BCUT2D eigenvalue weighted by atomic mass is 10.1. The van der Waals surface area contributed by atoms with Crippen LogP contribution in [-0.2, 0) is 36.3 Å². The van der Waals surface area contributed by atoms with Gasteiger partial charge in [-0.15, -0.1) is 0 Å². The van der Waals surface area contributed by atoms with Crippen LogP contribution < -0.4 is 4.74 Å². The van der Waals surface area contributed by atoms with Crippen molar-refractivity contribution in [2.75, 3.05) is 0 Å². The fourth-order valence-electron chi connectivity index (χ4n) is 3.77. The predicted octanol–water partition coefficient (Wildman–Crippen LogP) is 5.60. The van der Waals surface area contributed by atoms with E-state index in [1.807, 2.05) is 68.4 Å². The summed E-state index contributed by atoms with van der Waals surface area (Å²) < 4.78 is 75.0. The number of hydrogen-bond donors (Lipinski definition) is 1. The van der Waals surface area contributed by atoms with E-state index in [-0.39, 0.29) is 12.0 Å². The first kappa shape index (κ1) is 25.6. The van der Waals surface area contributed by atoms with Crippen LogP contribution in [0, 0.1) is 0 Å². The Morgan fingerprint density at radius 3 is 1.91 bits per heavy atom. The van der Waals surface area contributed by atoms with Gasteiger partial charge in [0, 0.05) is 5.56 Å². The van der Waals surface area contributed by atoms with Crippen molar-refractivity contribution in [3.63, 3.8) is 0 Å². The van der Waals surface area contributed by atoms with Crippen molar-refractivity contribution in [1.82, 2.24) is 0 Å². The molecule has 0 radical (unpaired) electrons. The topological polar surface area (TPSA) is 82.1 Å². The van der Waals surface area contributed by atoms with E-state index in [9.17, 15) is 17.2 Å². The summed E-state index contributed by atoms with van der Waals surface area (Å²) in [6.45, 7) is 4.58. The van der Waals surface area contributed by atoms with Crippen molar-refractivity contribution < 1.29 is 36.0 Å². The Labute approximate surface area is 205 Å². The Morgan fingerprint density at radius 2 is 1.43 bits per heavy atom. The highest BCUT2D eigenvalue weighted by Gasteiger charge is 2.51. The average molecular weight is 524 g/mol. The highest BCUT2D eigenvalue weighted by Crippen LogP contribution is 2.40. The number of alkyl halides is 2. The standard InChI is InChI=1S/C25H24F2O6S2/c1-17(25(26,27)35(28,29)30)31-20-11-15-23(16-12-20)34(21-7-5-4-6-8-21)22-13-9-19(10-14-22)24(3)32-18(2)33-24/h4-18H,1-3H3/p+1. The zero-order chi connectivity index (χ0) is 25.4. The van der Waals surface area contributed by atoms with Crippen LogP contribution in [0.15, 0.2) is 93.5 Å². The summed E-state index contributed by atoms with van der Waals surface area (Å²) >= 11 is 0. The van der Waals surface area contributed by atoms with Crippen LogP contribution >= 0.6 is 0 Å². The molecule has 2 unspecified atom stereocenters. The van der Waals surface area contributed by atoms with E-state index >= 15 is 0 Å². The highest BCUT2D eigenvalue weighted by molar-refractivity contribution is 7.97. The van der Waals surface area contributed by atoms with Gasteiger partial charge < -0.3 is 14.2 Å². The highest BCUT2D eigenvalue weighted by atomic mass is 32.2. The van der Waals surface area contributed by atoms with Crippen LogP contribution in [0.2, 0.25) is 0 Å². The second kappa shape index (κ2) is 9.51. The molecule has 6 nitrogen and oxygen atoms in total. The van der Waals surface area contributed by atoms with Gasteiger partial charge in [-0.1, -0.05) is 18.2 Å². The molecule has 1 fully saturated rings. The molecule has 3 aromatic carbocycles. The molecule has 0 amide bonds. The number of benzene rings is 3. The molecule has 10 heteroatoms. The maximum absolute atomic E-state index is 13.8. The van der Waals surface area contributed by atoms with Gasteiger partial charge in [0.25, 0.3) is 0 Å². The average Bonchev–Trinajstić information content (AvgIpc) is 2.80. The van der Waals surface area contributed by atoms with Crippen LogP contribution in [0.1, 0.15) is 26.3 Å². The lowest BCUT2D eigenvalue weighted by Gasteiger charge is -2.43. The summed E-state index contributed by atoms with van der Waals surface area (Å²) in [7, 11) is -6.12. The minimum absolute atomic E-state index is 0.0536. The van der Waals surface area contributed by atoms with Gasteiger partial charge in [-0.05, 0) is 81.4 Å². The van der Waals surface area contributed by atoms with Crippen molar-refractivity contribution in [2.24, 2.45) is 0 Å². The summed E-state index contributed by atoms with van der Waals surface area (Å²) in [4.78, 5) is 2.98. The van der Waals surface area contributed by atoms with E-state index in [1.54, 1.807) is 12.1 Å². The molecule has 0 bridgehead atoms. The maximum Gasteiger partial charge on any atom is 0.405 e. The zero-order valence-corrected chi connectivity index (χ0v) is 20.9. The zero-order valence-electron chi connectivity index (χ0n) is 19.2. The van der Waals surface area contributed by atoms with Gasteiger partial charge in [-0.25, -0.2) is 0 Å². The lowest BCUT2D eigenvalue weighted by molar-refractivity contribution is -0.448. The van der Waals surface area contributed by atoms with E-state index in [0.29, 0.717) is 0 Å². The van der Waals surface area contributed by atoms with Crippen molar-refractivity contribution >= 4 is 21.0 Å². The summed E-state index contributed by atoms with van der Waals surface area (Å²) in [5.41, 5.74) is 0.897. The normalized spacial score (nSPS) is 22.2. The number of rotatable bonds is 8. The summed E-state index contributed by atoms with van der Waals surface area (Å²) in [5, 5.41) is -4.44. The number of halogens is 2. The molecule has 1 N–H and O–H groups in total. The first-order valence-corrected chi connectivity index (χ1v) is 13.4. The molecule has 1 heterocycles. The molecule has 186 valence electrons. The Hall–Kier alpha value is -2.50. The Kier molecular flexibility index (Phi) is 6.96. The summed E-state index contributed by atoms with van der Waals surface area (Å²) in [5.74, 6) is -0.721. The van der Waals surface area contributed by atoms with E-state index < -0.39 is 38.2 Å². The van der Waals surface area contributed by atoms with Gasteiger partial charge in [-0.3, -0.25) is 4.55 Å². The third kappa shape index (κ3) is 5.22. The maximum atomic E-state index is 13.8. The summed E-state index contributed by atoms with van der Waals surface area (Å²) in [6.07, 6.45) is -2.33. The van der Waals surface area contributed by atoms with Gasteiger partial charge >= 0.3 is 15.4 Å². The Bertz CT molecular complexity index is 1260. The molecule has 1 aliphatic rings. The molecule has 35 heavy (non-hydrogen) atoms. The van der Waals surface area contributed by atoms with Crippen molar-refractivity contribution in [1.29, 1.82) is 0 Å². The smallest absolute Gasteiger partial charge is 0.405 e. The number of hydrogen-bond acceptors (Lipinski definition) is 5. The molecule has 2 atom stereocenters. The Balaban J connectivity index is 1.61. The van der Waals surface area contributed by atoms with Crippen LogP contribution in [0.3, 0.4) is 0 Å². The van der Waals surface area contributed by atoms with E-state index in [0.717, 1.165) is 27.2 Å². The van der Waals surface area contributed by atoms with Gasteiger partial charge in [-0.2, -0.15) is 17.2 Å². The van der Waals surface area contributed by atoms with Crippen LogP contribution in [0.25, 0.3) is 0 Å². The first-order chi connectivity index (χ1) is 16.4. The minimum atomic E-state index is -5.61.